The maximum absolute atomic E-state index is 12.3. The highest BCUT2D eigenvalue weighted by molar-refractivity contribution is 7.89. The SMILES string of the molecule is CCc1ccc(S(=O)(=O)NCc2nc3c([nH]2)CCCC3)cc1. The molecule has 0 spiro atoms. The number of hydrogen-bond acceptors (Lipinski definition) is 3. The smallest absolute Gasteiger partial charge is 0.240 e. The van der Waals surface area contributed by atoms with Crippen LogP contribution in [0.4, 0.5) is 0 Å². The van der Waals surface area contributed by atoms with Crippen LogP contribution in [-0.2, 0) is 35.8 Å². The lowest BCUT2D eigenvalue weighted by molar-refractivity contribution is 0.579. The molecule has 0 aliphatic heterocycles. The first-order chi connectivity index (χ1) is 10.6. The van der Waals surface area contributed by atoms with Gasteiger partial charge in [-0.3, -0.25) is 0 Å². The van der Waals surface area contributed by atoms with Gasteiger partial charge in [0.05, 0.1) is 17.1 Å². The van der Waals surface area contributed by atoms with Gasteiger partial charge < -0.3 is 4.98 Å². The maximum atomic E-state index is 12.3. The van der Waals surface area contributed by atoms with Crippen LogP contribution in [0.1, 0.15) is 42.5 Å². The van der Waals surface area contributed by atoms with Crippen molar-refractivity contribution in [1.29, 1.82) is 0 Å². The fourth-order valence-corrected chi connectivity index (χ4v) is 3.73. The highest BCUT2D eigenvalue weighted by Gasteiger charge is 2.17. The molecule has 0 saturated heterocycles. The largest absolute Gasteiger partial charge is 0.345 e. The molecule has 0 saturated carbocycles. The predicted octanol–water partition coefficient (Wildman–Crippen LogP) is 2.33. The number of nitrogens with zero attached hydrogens (tertiary/aromatic N) is 1. The monoisotopic (exact) mass is 319 g/mol. The first kappa shape index (κ1) is 15.2. The van der Waals surface area contributed by atoms with Crippen molar-refractivity contribution >= 4 is 10.0 Å². The van der Waals surface area contributed by atoms with Crippen LogP contribution in [-0.4, -0.2) is 18.4 Å². The molecule has 1 aliphatic carbocycles. The minimum absolute atomic E-state index is 0.199. The van der Waals surface area contributed by atoms with Crippen molar-refractivity contribution < 1.29 is 8.42 Å². The van der Waals surface area contributed by atoms with Crippen molar-refractivity contribution in [2.24, 2.45) is 0 Å². The number of sulfonamides is 1. The van der Waals surface area contributed by atoms with Gasteiger partial charge in [0, 0.05) is 5.69 Å². The van der Waals surface area contributed by atoms with Crippen LogP contribution in [0.3, 0.4) is 0 Å². The van der Waals surface area contributed by atoms with E-state index in [9.17, 15) is 8.42 Å². The highest BCUT2D eigenvalue weighted by atomic mass is 32.2. The molecule has 1 aromatic carbocycles. The molecule has 0 amide bonds. The van der Waals surface area contributed by atoms with Gasteiger partial charge in [-0.05, 0) is 49.8 Å². The van der Waals surface area contributed by atoms with Crippen LogP contribution >= 0.6 is 0 Å². The minimum Gasteiger partial charge on any atom is -0.345 e. The molecule has 0 atom stereocenters. The van der Waals surface area contributed by atoms with E-state index < -0.39 is 10.0 Å². The second-order valence-electron chi connectivity index (χ2n) is 5.64. The number of rotatable bonds is 5. The summed E-state index contributed by atoms with van der Waals surface area (Å²) in [5, 5.41) is 0. The average molecular weight is 319 g/mol. The number of hydrogen-bond donors (Lipinski definition) is 2. The van der Waals surface area contributed by atoms with E-state index in [4.69, 9.17) is 0 Å². The van der Waals surface area contributed by atoms with E-state index in [1.165, 1.54) is 6.42 Å². The lowest BCUT2D eigenvalue weighted by Gasteiger charge is -2.07. The topological polar surface area (TPSA) is 74.8 Å². The molecule has 1 heterocycles. The van der Waals surface area contributed by atoms with Crippen molar-refractivity contribution in [2.75, 3.05) is 0 Å². The zero-order valence-corrected chi connectivity index (χ0v) is 13.5. The molecule has 0 unspecified atom stereocenters. The third-order valence-corrected chi connectivity index (χ3v) is 5.49. The summed E-state index contributed by atoms with van der Waals surface area (Å²) in [6.07, 6.45) is 5.22. The Labute approximate surface area is 131 Å². The van der Waals surface area contributed by atoms with E-state index in [-0.39, 0.29) is 6.54 Å². The molecular formula is C16H21N3O2S. The molecule has 118 valence electrons. The van der Waals surface area contributed by atoms with Crippen LogP contribution < -0.4 is 4.72 Å². The zero-order chi connectivity index (χ0) is 15.6. The fraction of sp³-hybridized carbons (Fsp3) is 0.438. The van der Waals surface area contributed by atoms with E-state index in [2.05, 4.69) is 14.7 Å². The second-order valence-corrected chi connectivity index (χ2v) is 7.40. The van der Waals surface area contributed by atoms with Crippen LogP contribution in [0.5, 0.6) is 0 Å². The summed E-state index contributed by atoms with van der Waals surface area (Å²) in [5.74, 6) is 0.695. The molecule has 22 heavy (non-hydrogen) atoms. The second kappa shape index (κ2) is 6.22. The lowest BCUT2D eigenvalue weighted by atomic mass is 10.0. The third-order valence-electron chi connectivity index (χ3n) is 4.08. The van der Waals surface area contributed by atoms with E-state index in [0.717, 1.165) is 42.6 Å². The Morgan fingerprint density at radius 1 is 1.18 bits per heavy atom. The van der Waals surface area contributed by atoms with Gasteiger partial charge in [-0.25, -0.2) is 18.1 Å². The number of H-pyrrole nitrogens is 1. The number of nitrogens with one attached hydrogen (secondary N) is 2. The Kier molecular flexibility index (Phi) is 4.31. The van der Waals surface area contributed by atoms with Gasteiger partial charge in [-0.2, -0.15) is 0 Å². The number of fused-ring (bicyclic) bond motifs is 1. The van der Waals surface area contributed by atoms with Crippen molar-refractivity contribution in [1.82, 2.24) is 14.7 Å². The number of imidazole rings is 1. The molecule has 0 fully saturated rings. The zero-order valence-electron chi connectivity index (χ0n) is 12.7. The first-order valence-corrected chi connectivity index (χ1v) is 9.22. The van der Waals surface area contributed by atoms with Crippen LogP contribution in [0, 0.1) is 0 Å². The normalized spacial score (nSPS) is 14.8. The summed E-state index contributed by atoms with van der Waals surface area (Å²) in [6, 6.07) is 6.99. The molecule has 2 N–H and O–H groups in total. The predicted molar refractivity (Wildman–Crippen MR) is 85.1 cm³/mol. The summed E-state index contributed by atoms with van der Waals surface area (Å²) in [5.41, 5.74) is 3.37. The number of aryl methyl sites for hydroxylation is 3. The highest BCUT2D eigenvalue weighted by Crippen LogP contribution is 2.19. The third kappa shape index (κ3) is 3.23. The van der Waals surface area contributed by atoms with Gasteiger partial charge >= 0.3 is 0 Å². The number of benzene rings is 1. The number of aromatic nitrogens is 2. The fourth-order valence-electron chi connectivity index (χ4n) is 2.75. The molecule has 3 rings (SSSR count). The van der Waals surface area contributed by atoms with E-state index in [1.54, 1.807) is 12.1 Å². The molecule has 6 heteroatoms. The quantitative estimate of drug-likeness (QED) is 0.888. The standard InChI is InChI=1S/C16H21N3O2S/c1-2-12-7-9-13(10-8-12)22(20,21)17-11-16-18-14-5-3-4-6-15(14)19-16/h7-10,17H,2-6,11H2,1H3,(H,18,19). The Bertz CT molecular complexity index is 725. The minimum atomic E-state index is -3.49. The van der Waals surface area contributed by atoms with Crippen molar-refractivity contribution in [3.63, 3.8) is 0 Å². The van der Waals surface area contributed by atoms with E-state index >= 15 is 0 Å². The van der Waals surface area contributed by atoms with Crippen molar-refractivity contribution in [2.45, 2.75) is 50.5 Å². The molecule has 1 aromatic heterocycles. The molecule has 2 aromatic rings. The van der Waals surface area contributed by atoms with Gasteiger partial charge in [0.1, 0.15) is 5.82 Å². The van der Waals surface area contributed by atoms with E-state index in [1.807, 2.05) is 19.1 Å². The molecule has 0 bridgehead atoms. The lowest BCUT2D eigenvalue weighted by Crippen LogP contribution is -2.23. The van der Waals surface area contributed by atoms with Gasteiger partial charge in [-0.1, -0.05) is 19.1 Å². The summed E-state index contributed by atoms with van der Waals surface area (Å²) in [7, 11) is -3.49. The average Bonchev–Trinajstić information content (AvgIpc) is 2.96. The Morgan fingerprint density at radius 3 is 2.59 bits per heavy atom. The summed E-state index contributed by atoms with van der Waals surface area (Å²) in [6.45, 7) is 2.24. The Morgan fingerprint density at radius 2 is 1.91 bits per heavy atom. The summed E-state index contributed by atoms with van der Waals surface area (Å²) in [4.78, 5) is 8.02. The molecule has 1 aliphatic rings. The van der Waals surface area contributed by atoms with Crippen molar-refractivity contribution in [3.8, 4) is 0 Å². The Balaban J connectivity index is 1.70. The van der Waals surface area contributed by atoms with E-state index in [0.29, 0.717) is 10.7 Å². The van der Waals surface area contributed by atoms with Crippen molar-refractivity contribution in [3.05, 3.63) is 47.0 Å². The molecule has 0 radical (unpaired) electrons. The van der Waals surface area contributed by atoms with Crippen LogP contribution in [0.15, 0.2) is 29.2 Å². The molecular weight excluding hydrogens is 298 g/mol. The van der Waals surface area contributed by atoms with Crippen LogP contribution in [0.2, 0.25) is 0 Å². The van der Waals surface area contributed by atoms with Gasteiger partial charge in [-0.15, -0.1) is 0 Å². The van der Waals surface area contributed by atoms with Gasteiger partial charge in [0.25, 0.3) is 0 Å². The first-order valence-electron chi connectivity index (χ1n) is 7.74. The maximum Gasteiger partial charge on any atom is 0.240 e. The number of aromatic amines is 1. The summed E-state index contributed by atoms with van der Waals surface area (Å²) < 4.78 is 27.2. The molecule has 5 nitrogen and oxygen atoms in total. The van der Waals surface area contributed by atoms with Crippen LogP contribution in [0.25, 0.3) is 0 Å². The summed E-state index contributed by atoms with van der Waals surface area (Å²) >= 11 is 0. The van der Waals surface area contributed by atoms with Gasteiger partial charge in [0.15, 0.2) is 0 Å². The van der Waals surface area contributed by atoms with Gasteiger partial charge in [0.2, 0.25) is 10.0 Å². The Hall–Kier alpha value is -1.66.